The fourth-order valence-electron chi connectivity index (χ4n) is 0.790. The standard InChI is InChI=1S/C7H7N3O5/c11-9(12)7(10(13)14)15-8-6-4-2-1-3-5-6/h1-5,7-8H. The predicted octanol–water partition coefficient (Wildman–Crippen LogP) is 0.867. The van der Waals surface area contributed by atoms with Crippen molar-refractivity contribution < 1.29 is 14.7 Å². The quantitative estimate of drug-likeness (QED) is 0.441. The van der Waals surface area contributed by atoms with E-state index in [1.807, 2.05) is 0 Å². The second kappa shape index (κ2) is 4.86. The van der Waals surface area contributed by atoms with Crippen LogP contribution in [0.4, 0.5) is 5.69 Å². The summed E-state index contributed by atoms with van der Waals surface area (Å²) in [5.74, 6) is 0. The fourth-order valence-corrected chi connectivity index (χ4v) is 0.790. The third-order valence-corrected chi connectivity index (χ3v) is 1.42. The molecule has 0 aliphatic heterocycles. The van der Waals surface area contributed by atoms with Crippen LogP contribution < -0.4 is 5.48 Å². The first-order valence-corrected chi connectivity index (χ1v) is 3.85. The first-order valence-electron chi connectivity index (χ1n) is 3.85. The average molecular weight is 213 g/mol. The molecule has 0 saturated carbocycles. The minimum Gasteiger partial charge on any atom is -0.256 e. The maximum absolute atomic E-state index is 10.2. The molecule has 0 aliphatic rings. The van der Waals surface area contributed by atoms with Gasteiger partial charge in [0.1, 0.15) is 9.85 Å². The normalized spacial score (nSPS) is 9.93. The Bertz CT molecular complexity index is 341. The van der Waals surface area contributed by atoms with Gasteiger partial charge in [-0.3, -0.25) is 25.7 Å². The highest BCUT2D eigenvalue weighted by molar-refractivity contribution is 5.39. The zero-order valence-corrected chi connectivity index (χ0v) is 7.40. The maximum Gasteiger partial charge on any atom is 0.590 e. The summed E-state index contributed by atoms with van der Waals surface area (Å²) in [5, 5.41) is 20.3. The van der Waals surface area contributed by atoms with Crippen molar-refractivity contribution in [1.82, 2.24) is 0 Å². The zero-order chi connectivity index (χ0) is 11.3. The van der Waals surface area contributed by atoms with Gasteiger partial charge in [-0.2, -0.15) is 0 Å². The molecule has 0 spiro atoms. The molecule has 1 aromatic rings. The molecule has 0 amide bonds. The monoisotopic (exact) mass is 213 g/mol. The number of hydrogen-bond acceptors (Lipinski definition) is 6. The Morgan fingerprint density at radius 1 is 1.13 bits per heavy atom. The molecule has 0 saturated heterocycles. The van der Waals surface area contributed by atoms with Crippen LogP contribution in [0.25, 0.3) is 0 Å². The maximum atomic E-state index is 10.2. The Morgan fingerprint density at radius 3 is 2.13 bits per heavy atom. The van der Waals surface area contributed by atoms with Gasteiger partial charge in [0, 0.05) is 0 Å². The summed E-state index contributed by atoms with van der Waals surface area (Å²) in [7, 11) is 0. The summed E-state index contributed by atoms with van der Waals surface area (Å²) in [6.07, 6.45) is -2.31. The van der Waals surface area contributed by atoms with Crippen molar-refractivity contribution in [3.8, 4) is 0 Å². The predicted molar refractivity (Wildman–Crippen MR) is 48.9 cm³/mol. The van der Waals surface area contributed by atoms with Crippen LogP contribution in [-0.2, 0) is 4.84 Å². The first kappa shape index (κ1) is 10.9. The van der Waals surface area contributed by atoms with Gasteiger partial charge >= 0.3 is 6.35 Å². The molecular formula is C7H7N3O5. The molecule has 0 unspecified atom stereocenters. The highest BCUT2D eigenvalue weighted by Crippen LogP contribution is 2.06. The molecule has 1 N–H and O–H groups in total. The Balaban J connectivity index is 2.55. The van der Waals surface area contributed by atoms with Gasteiger partial charge in [-0.25, -0.2) is 0 Å². The number of rotatable bonds is 5. The van der Waals surface area contributed by atoms with E-state index in [0.717, 1.165) is 0 Å². The molecule has 0 aromatic heterocycles. The van der Waals surface area contributed by atoms with Crippen molar-refractivity contribution in [3.63, 3.8) is 0 Å². The molecule has 0 atom stereocenters. The van der Waals surface area contributed by atoms with E-state index in [9.17, 15) is 20.2 Å². The molecule has 8 nitrogen and oxygen atoms in total. The Morgan fingerprint density at radius 2 is 1.67 bits per heavy atom. The second-order valence-electron chi connectivity index (χ2n) is 2.48. The van der Waals surface area contributed by atoms with E-state index in [2.05, 4.69) is 10.3 Å². The summed E-state index contributed by atoms with van der Waals surface area (Å²) in [6, 6.07) is 8.13. The van der Waals surface area contributed by atoms with Gasteiger partial charge in [-0.1, -0.05) is 18.2 Å². The van der Waals surface area contributed by atoms with E-state index in [1.165, 1.54) is 0 Å². The number of para-hydroxylation sites is 1. The SMILES string of the molecule is O=[N+]([O-])C(ONc1ccccc1)[N+](=O)[O-]. The summed E-state index contributed by atoms with van der Waals surface area (Å²) in [6.45, 7) is 0. The number of anilines is 1. The highest BCUT2D eigenvalue weighted by atomic mass is 16.8. The lowest BCUT2D eigenvalue weighted by atomic mass is 10.3. The number of nitrogens with one attached hydrogen (secondary N) is 1. The summed E-state index contributed by atoms with van der Waals surface area (Å²) >= 11 is 0. The van der Waals surface area contributed by atoms with Crippen LogP contribution in [0.3, 0.4) is 0 Å². The van der Waals surface area contributed by atoms with Crippen LogP contribution in [0.5, 0.6) is 0 Å². The van der Waals surface area contributed by atoms with Crippen LogP contribution in [-0.4, -0.2) is 16.2 Å². The van der Waals surface area contributed by atoms with Crippen molar-refractivity contribution in [2.75, 3.05) is 5.48 Å². The van der Waals surface area contributed by atoms with Gasteiger partial charge < -0.3 is 0 Å². The van der Waals surface area contributed by atoms with Crippen molar-refractivity contribution in [2.45, 2.75) is 6.35 Å². The Labute approximate surface area is 83.7 Å². The van der Waals surface area contributed by atoms with Crippen molar-refractivity contribution in [2.24, 2.45) is 0 Å². The Kier molecular flexibility index (Phi) is 3.52. The highest BCUT2D eigenvalue weighted by Gasteiger charge is 2.34. The molecular weight excluding hydrogens is 206 g/mol. The molecule has 8 heteroatoms. The van der Waals surface area contributed by atoms with Crippen LogP contribution in [0.1, 0.15) is 0 Å². The van der Waals surface area contributed by atoms with Gasteiger partial charge in [0.05, 0.1) is 5.69 Å². The van der Waals surface area contributed by atoms with Crippen molar-refractivity contribution in [1.29, 1.82) is 0 Å². The number of nitro groups is 2. The van der Waals surface area contributed by atoms with E-state index < -0.39 is 16.2 Å². The fraction of sp³-hybridized carbons (Fsp3) is 0.143. The van der Waals surface area contributed by atoms with Gasteiger partial charge in [0.2, 0.25) is 0 Å². The molecule has 0 heterocycles. The molecule has 1 rings (SSSR count). The summed E-state index contributed by atoms with van der Waals surface area (Å²) < 4.78 is 0. The number of hydrogen-bond donors (Lipinski definition) is 1. The zero-order valence-electron chi connectivity index (χ0n) is 7.40. The van der Waals surface area contributed by atoms with Gasteiger partial charge in [0.15, 0.2) is 0 Å². The van der Waals surface area contributed by atoms with Crippen LogP contribution in [0.15, 0.2) is 30.3 Å². The lowest BCUT2D eigenvalue weighted by Gasteiger charge is -2.04. The molecule has 1 aromatic carbocycles. The Hall–Kier alpha value is -2.22. The average Bonchev–Trinajstić information content (AvgIpc) is 2.18. The van der Waals surface area contributed by atoms with E-state index in [-0.39, 0.29) is 0 Å². The minimum atomic E-state index is -2.31. The van der Waals surface area contributed by atoms with Crippen LogP contribution in [0, 0.1) is 20.2 Å². The first-order chi connectivity index (χ1) is 7.11. The topological polar surface area (TPSA) is 108 Å². The van der Waals surface area contributed by atoms with Gasteiger partial charge in [-0.15, -0.1) is 4.84 Å². The minimum absolute atomic E-state index is 0.395. The molecule has 0 aliphatic carbocycles. The smallest absolute Gasteiger partial charge is 0.256 e. The molecule has 80 valence electrons. The third kappa shape index (κ3) is 3.19. The molecule has 0 fully saturated rings. The van der Waals surface area contributed by atoms with Gasteiger partial charge in [-0.05, 0) is 12.1 Å². The molecule has 0 radical (unpaired) electrons. The van der Waals surface area contributed by atoms with E-state index >= 15 is 0 Å². The van der Waals surface area contributed by atoms with E-state index in [1.54, 1.807) is 30.3 Å². The second-order valence-corrected chi connectivity index (χ2v) is 2.48. The molecule has 0 bridgehead atoms. The van der Waals surface area contributed by atoms with Crippen LogP contribution >= 0.6 is 0 Å². The largest absolute Gasteiger partial charge is 0.590 e. The third-order valence-electron chi connectivity index (χ3n) is 1.42. The van der Waals surface area contributed by atoms with Crippen LogP contribution in [0.2, 0.25) is 0 Å². The molecule has 15 heavy (non-hydrogen) atoms. The van der Waals surface area contributed by atoms with E-state index in [4.69, 9.17) is 0 Å². The van der Waals surface area contributed by atoms with Crippen molar-refractivity contribution >= 4 is 5.69 Å². The van der Waals surface area contributed by atoms with Gasteiger partial charge in [0.25, 0.3) is 0 Å². The number of nitrogens with zero attached hydrogens (tertiary/aromatic N) is 2. The lowest BCUT2D eigenvalue weighted by Crippen LogP contribution is -2.33. The number of benzene rings is 1. The van der Waals surface area contributed by atoms with Crippen molar-refractivity contribution in [3.05, 3.63) is 50.6 Å². The lowest BCUT2D eigenvalue weighted by molar-refractivity contribution is -0.790. The summed E-state index contributed by atoms with van der Waals surface area (Å²) in [5.41, 5.74) is 2.52. The van der Waals surface area contributed by atoms with E-state index in [0.29, 0.717) is 5.69 Å². The summed E-state index contributed by atoms with van der Waals surface area (Å²) in [4.78, 5) is 22.3.